The summed E-state index contributed by atoms with van der Waals surface area (Å²) in [5.74, 6) is -0.170. The Morgan fingerprint density at radius 3 is 2.59 bits per heavy atom. The quantitative estimate of drug-likeness (QED) is 0.879. The molecule has 1 fully saturated rings. The predicted molar refractivity (Wildman–Crippen MR) is 89.3 cm³/mol. The number of nitrogens with zero attached hydrogens (tertiary/aromatic N) is 2. The van der Waals surface area contributed by atoms with Crippen LogP contribution in [0.5, 0.6) is 0 Å². The van der Waals surface area contributed by atoms with E-state index in [-0.39, 0.29) is 5.82 Å². The Hall–Kier alpha value is -1.46. The largest absolute Gasteiger partial charge is 0.375 e. The molecule has 0 radical (unpaired) electrons. The van der Waals surface area contributed by atoms with E-state index in [0.717, 1.165) is 19.5 Å². The molecule has 0 aliphatic heterocycles. The average molecular weight is 319 g/mol. The van der Waals surface area contributed by atoms with Gasteiger partial charge in [0.05, 0.1) is 0 Å². The molecule has 2 aromatic rings. The third kappa shape index (κ3) is 4.05. The molecule has 0 bridgehead atoms. The fraction of sp³-hybridized carbons (Fsp3) is 0.471. The highest BCUT2D eigenvalue weighted by molar-refractivity contribution is 7.15. The first-order chi connectivity index (χ1) is 10.7. The lowest BCUT2D eigenvalue weighted by Crippen LogP contribution is -2.34. The van der Waals surface area contributed by atoms with Gasteiger partial charge in [-0.05, 0) is 37.0 Å². The minimum absolute atomic E-state index is 0.170. The molecule has 2 N–H and O–H groups in total. The Morgan fingerprint density at radius 2 is 1.95 bits per heavy atom. The van der Waals surface area contributed by atoms with E-state index in [9.17, 15) is 4.39 Å². The van der Waals surface area contributed by atoms with Crippen LogP contribution in [-0.2, 0) is 13.0 Å². The Bertz CT molecular complexity index is 590. The van der Waals surface area contributed by atoms with Crippen molar-refractivity contribution in [2.24, 2.45) is 0 Å². The highest BCUT2D eigenvalue weighted by Crippen LogP contribution is 2.26. The number of nitrogen functional groups attached to an aromatic ring is 1. The molecule has 0 saturated heterocycles. The van der Waals surface area contributed by atoms with Crippen LogP contribution in [0.4, 0.5) is 9.52 Å². The van der Waals surface area contributed by atoms with Gasteiger partial charge in [0.2, 0.25) is 0 Å². The summed E-state index contributed by atoms with van der Waals surface area (Å²) in [5, 5.41) is 0.639. The van der Waals surface area contributed by atoms with Crippen molar-refractivity contribution >= 4 is 16.5 Å². The van der Waals surface area contributed by atoms with E-state index in [4.69, 9.17) is 5.73 Å². The van der Waals surface area contributed by atoms with Gasteiger partial charge < -0.3 is 5.73 Å². The van der Waals surface area contributed by atoms with Crippen LogP contribution in [0.2, 0.25) is 0 Å². The van der Waals surface area contributed by atoms with E-state index in [1.54, 1.807) is 23.5 Å². The molecule has 1 aliphatic rings. The molecule has 5 heteroatoms. The molecule has 0 amide bonds. The van der Waals surface area contributed by atoms with Gasteiger partial charge in [0.25, 0.3) is 0 Å². The van der Waals surface area contributed by atoms with Crippen LogP contribution in [-0.4, -0.2) is 22.5 Å². The van der Waals surface area contributed by atoms with Gasteiger partial charge in [0, 0.05) is 30.2 Å². The maximum Gasteiger partial charge on any atom is 0.180 e. The lowest BCUT2D eigenvalue weighted by molar-refractivity contribution is 0.193. The fourth-order valence-electron chi connectivity index (χ4n) is 3.18. The average Bonchev–Trinajstić information content (AvgIpc) is 3.17. The predicted octanol–water partition coefficient (Wildman–Crippen LogP) is 3.85. The number of nitrogens with two attached hydrogens (primary N) is 1. The standard InChI is InChI=1S/C17H22FN3S/c18-14-7-5-13(6-8-14)9-10-21(15-3-1-2-4-15)12-16-11-20-17(19)22-16/h5-8,11,15H,1-4,9-10,12H2,(H2,19,20). The minimum atomic E-state index is -0.170. The fourth-order valence-corrected chi connectivity index (χ4v) is 3.89. The summed E-state index contributed by atoms with van der Waals surface area (Å²) in [7, 11) is 0. The van der Waals surface area contributed by atoms with Crippen molar-refractivity contribution in [1.82, 2.24) is 9.88 Å². The van der Waals surface area contributed by atoms with E-state index < -0.39 is 0 Å². The molecule has 0 unspecified atom stereocenters. The molecule has 0 atom stereocenters. The van der Waals surface area contributed by atoms with Gasteiger partial charge in [-0.1, -0.05) is 25.0 Å². The van der Waals surface area contributed by atoms with Crippen molar-refractivity contribution in [2.45, 2.75) is 44.7 Å². The highest BCUT2D eigenvalue weighted by atomic mass is 32.1. The molecule has 1 saturated carbocycles. The smallest absolute Gasteiger partial charge is 0.180 e. The molecule has 22 heavy (non-hydrogen) atoms. The third-order valence-corrected chi connectivity index (χ3v) is 5.18. The first kappa shape index (κ1) is 15.4. The first-order valence-electron chi connectivity index (χ1n) is 7.89. The monoisotopic (exact) mass is 319 g/mol. The zero-order chi connectivity index (χ0) is 15.4. The van der Waals surface area contributed by atoms with Crippen molar-refractivity contribution in [1.29, 1.82) is 0 Å². The summed E-state index contributed by atoms with van der Waals surface area (Å²) in [5.41, 5.74) is 6.93. The van der Waals surface area contributed by atoms with Crippen LogP contribution in [0.3, 0.4) is 0 Å². The third-order valence-electron chi connectivity index (χ3n) is 4.37. The van der Waals surface area contributed by atoms with Gasteiger partial charge in [-0.15, -0.1) is 11.3 Å². The first-order valence-corrected chi connectivity index (χ1v) is 8.71. The summed E-state index contributed by atoms with van der Waals surface area (Å²) in [4.78, 5) is 7.92. The van der Waals surface area contributed by atoms with Crippen LogP contribution in [0, 0.1) is 5.82 Å². The van der Waals surface area contributed by atoms with Crippen molar-refractivity contribution in [3.63, 3.8) is 0 Å². The minimum Gasteiger partial charge on any atom is -0.375 e. The van der Waals surface area contributed by atoms with Crippen molar-refractivity contribution in [3.8, 4) is 0 Å². The molecule has 118 valence electrons. The van der Waals surface area contributed by atoms with Crippen LogP contribution in [0.1, 0.15) is 36.1 Å². The highest BCUT2D eigenvalue weighted by Gasteiger charge is 2.23. The summed E-state index contributed by atoms with van der Waals surface area (Å²) in [6, 6.07) is 7.50. The Kier molecular flexibility index (Phi) is 5.05. The van der Waals surface area contributed by atoms with E-state index in [1.165, 1.54) is 36.1 Å². The second kappa shape index (κ2) is 7.20. The maximum atomic E-state index is 13.0. The van der Waals surface area contributed by atoms with Crippen LogP contribution in [0.15, 0.2) is 30.5 Å². The van der Waals surface area contributed by atoms with E-state index in [2.05, 4.69) is 9.88 Å². The number of hydrogen-bond acceptors (Lipinski definition) is 4. The van der Waals surface area contributed by atoms with Gasteiger partial charge in [-0.3, -0.25) is 4.90 Å². The van der Waals surface area contributed by atoms with Gasteiger partial charge in [-0.2, -0.15) is 0 Å². The molecule has 0 spiro atoms. The number of aromatic nitrogens is 1. The number of thiazole rings is 1. The van der Waals surface area contributed by atoms with Crippen molar-refractivity contribution in [3.05, 3.63) is 46.7 Å². The molecular weight excluding hydrogens is 297 g/mol. The van der Waals surface area contributed by atoms with Crippen LogP contribution in [0.25, 0.3) is 0 Å². The molecule has 1 aromatic heterocycles. The van der Waals surface area contributed by atoms with Crippen molar-refractivity contribution in [2.75, 3.05) is 12.3 Å². The maximum absolute atomic E-state index is 13.0. The zero-order valence-electron chi connectivity index (χ0n) is 12.7. The van der Waals surface area contributed by atoms with Gasteiger partial charge in [0.15, 0.2) is 5.13 Å². The van der Waals surface area contributed by atoms with Gasteiger partial charge >= 0.3 is 0 Å². The molecule has 1 aromatic carbocycles. The SMILES string of the molecule is Nc1ncc(CN(CCc2ccc(F)cc2)C2CCCC2)s1. The van der Waals surface area contributed by atoms with E-state index >= 15 is 0 Å². The number of benzene rings is 1. The lowest BCUT2D eigenvalue weighted by Gasteiger charge is -2.28. The molecule has 1 heterocycles. The molecular formula is C17H22FN3S. The Balaban J connectivity index is 1.64. The summed E-state index contributed by atoms with van der Waals surface area (Å²) in [6.45, 7) is 1.91. The summed E-state index contributed by atoms with van der Waals surface area (Å²) in [6.07, 6.45) is 8.03. The Morgan fingerprint density at radius 1 is 1.23 bits per heavy atom. The van der Waals surface area contributed by atoms with Crippen molar-refractivity contribution < 1.29 is 4.39 Å². The number of halogens is 1. The second-order valence-corrected chi connectivity index (χ2v) is 7.10. The zero-order valence-corrected chi connectivity index (χ0v) is 13.5. The number of hydrogen-bond donors (Lipinski definition) is 1. The van der Waals surface area contributed by atoms with Gasteiger partial charge in [0.1, 0.15) is 5.82 Å². The number of rotatable bonds is 6. The van der Waals surface area contributed by atoms with Crippen LogP contribution < -0.4 is 5.73 Å². The summed E-state index contributed by atoms with van der Waals surface area (Å²) >= 11 is 1.57. The van der Waals surface area contributed by atoms with E-state index in [1.807, 2.05) is 18.3 Å². The molecule has 3 rings (SSSR count). The van der Waals surface area contributed by atoms with Gasteiger partial charge in [-0.25, -0.2) is 9.37 Å². The van der Waals surface area contributed by atoms with Crippen LogP contribution >= 0.6 is 11.3 Å². The number of anilines is 1. The normalized spacial score (nSPS) is 15.7. The topological polar surface area (TPSA) is 42.1 Å². The van der Waals surface area contributed by atoms with E-state index in [0.29, 0.717) is 11.2 Å². The molecule has 3 nitrogen and oxygen atoms in total. The second-order valence-electron chi connectivity index (χ2n) is 5.95. The molecule has 1 aliphatic carbocycles. The lowest BCUT2D eigenvalue weighted by atomic mass is 10.1. The summed E-state index contributed by atoms with van der Waals surface area (Å²) < 4.78 is 13.0. The Labute approximate surface area is 135 Å².